The van der Waals surface area contributed by atoms with Crippen LogP contribution in [0.3, 0.4) is 0 Å². The summed E-state index contributed by atoms with van der Waals surface area (Å²) in [6.45, 7) is 1.25. The van der Waals surface area contributed by atoms with Crippen LogP contribution in [0.15, 0.2) is 53.4 Å². The van der Waals surface area contributed by atoms with E-state index in [2.05, 4.69) is 10.6 Å². The van der Waals surface area contributed by atoms with Gasteiger partial charge in [-0.3, -0.25) is 9.59 Å². The van der Waals surface area contributed by atoms with E-state index in [1.807, 2.05) is 0 Å². The zero-order chi connectivity index (χ0) is 25.8. The van der Waals surface area contributed by atoms with Crippen LogP contribution in [0.4, 0.5) is 17.6 Å². The Labute approximate surface area is 200 Å². The number of hydrogen-bond acceptors (Lipinski definition) is 4. The maximum absolute atomic E-state index is 13.5. The summed E-state index contributed by atoms with van der Waals surface area (Å²) in [4.78, 5) is 23.9. The fourth-order valence-electron chi connectivity index (χ4n) is 3.88. The number of carbonyl (C=O) groups is 2. The number of benzene rings is 2. The lowest BCUT2D eigenvalue weighted by Gasteiger charge is -2.32. The van der Waals surface area contributed by atoms with E-state index in [9.17, 15) is 35.6 Å². The molecule has 12 heteroatoms. The molecular weight excluding hydrogens is 490 g/mol. The van der Waals surface area contributed by atoms with Gasteiger partial charge in [-0.25, -0.2) is 12.8 Å². The van der Waals surface area contributed by atoms with Crippen LogP contribution in [-0.4, -0.2) is 49.7 Å². The molecule has 1 fully saturated rings. The Hall–Kier alpha value is -2.99. The lowest BCUT2D eigenvalue weighted by atomic mass is 10.0. The Bertz CT molecular complexity index is 1180. The van der Waals surface area contributed by atoms with Crippen molar-refractivity contribution < 1.29 is 35.6 Å². The summed E-state index contributed by atoms with van der Waals surface area (Å²) >= 11 is 0. The number of alkyl halides is 3. The van der Waals surface area contributed by atoms with Gasteiger partial charge in [0.1, 0.15) is 11.9 Å². The number of carbonyl (C=O) groups excluding carboxylic acids is 2. The Kier molecular flexibility index (Phi) is 8.16. The minimum absolute atomic E-state index is 0.00176. The summed E-state index contributed by atoms with van der Waals surface area (Å²) in [5.74, 6) is -1.41. The molecule has 1 unspecified atom stereocenters. The average Bonchev–Trinajstić information content (AvgIpc) is 2.78. The van der Waals surface area contributed by atoms with Crippen LogP contribution in [0, 0.1) is 5.82 Å². The molecule has 0 saturated carbocycles. The largest absolute Gasteiger partial charge is 0.416 e. The maximum atomic E-state index is 13.5. The number of piperidine rings is 1. The fourth-order valence-corrected chi connectivity index (χ4v) is 5.39. The van der Waals surface area contributed by atoms with Crippen molar-refractivity contribution in [2.45, 2.75) is 49.3 Å². The standard InChI is InChI=1S/C23H25F4N3O4S/c1-15(31)28-21(13-16-4-2-6-18(24)12-16)22(32)29-19-8-10-30(11-9-19)35(33,34)20-7-3-5-17(14-20)23(25,26)27/h2-7,12,14,19,21H,8-11,13H2,1H3,(H,28,31)(H,29,32). The van der Waals surface area contributed by atoms with Crippen molar-refractivity contribution in [2.24, 2.45) is 0 Å². The first-order chi connectivity index (χ1) is 16.4. The van der Waals surface area contributed by atoms with E-state index in [1.165, 1.54) is 25.1 Å². The molecule has 190 valence electrons. The lowest BCUT2D eigenvalue weighted by Crippen LogP contribution is -2.53. The Morgan fingerprint density at radius 2 is 1.74 bits per heavy atom. The van der Waals surface area contributed by atoms with Gasteiger partial charge in [-0.15, -0.1) is 0 Å². The number of rotatable bonds is 7. The summed E-state index contributed by atoms with van der Waals surface area (Å²) < 4.78 is 79.2. The van der Waals surface area contributed by atoms with Crippen molar-refractivity contribution in [3.63, 3.8) is 0 Å². The molecule has 0 radical (unpaired) electrons. The average molecular weight is 516 g/mol. The number of amides is 2. The van der Waals surface area contributed by atoms with Gasteiger partial charge >= 0.3 is 6.18 Å². The van der Waals surface area contributed by atoms with E-state index in [4.69, 9.17) is 0 Å². The molecule has 0 aromatic heterocycles. The highest BCUT2D eigenvalue weighted by Crippen LogP contribution is 2.31. The van der Waals surface area contributed by atoms with Gasteiger partial charge in [-0.1, -0.05) is 18.2 Å². The van der Waals surface area contributed by atoms with E-state index >= 15 is 0 Å². The second kappa shape index (κ2) is 10.7. The molecule has 3 rings (SSSR count). The van der Waals surface area contributed by atoms with Crippen LogP contribution in [0.2, 0.25) is 0 Å². The van der Waals surface area contributed by atoms with Crippen LogP contribution >= 0.6 is 0 Å². The third-order valence-corrected chi connectivity index (χ3v) is 7.52. The fraction of sp³-hybridized carbons (Fsp3) is 0.391. The Morgan fingerprint density at radius 1 is 1.09 bits per heavy atom. The van der Waals surface area contributed by atoms with Crippen molar-refractivity contribution in [2.75, 3.05) is 13.1 Å². The molecule has 1 aliphatic heterocycles. The first-order valence-electron chi connectivity index (χ1n) is 10.9. The van der Waals surface area contributed by atoms with Crippen LogP contribution in [-0.2, 0) is 32.2 Å². The van der Waals surface area contributed by atoms with Crippen LogP contribution in [0.1, 0.15) is 30.9 Å². The van der Waals surface area contributed by atoms with E-state index in [0.29, 0.717) is 11.6 Å². The summed E-state index contributed by atoms with van der Waals surface area (Å²) in [7, 11) is -4.15. The molecule has 1 heterocycles. The van der Waals surface area contributed by atoms with Gasteiger partial charge in [0.25, 0.3) is 0 Å². The highest BCUT2D eigenvalue weighted by molar-refractivity contribution is 7.89. The predicted octanol–water partition coefficient (Wildman–Crippen LogP) is 2.86. The monoisotopic (exact) mass is 515 g/mol. The van der Waals surface area contributed by atoms with E-state index in [0.717, 1.165) is 22.5 Å². The molecule has 0 spiro atoms. The van der Waals surface area contributed by atoms with Crippen LogP contribution in [0.5, 0.6) is 0 Å². The third kappa shape index (κ3) is 7.01. The number of nitrogens with one attached hydrogen (secondary N) is 2. The van der Waals surface area contributed by atoms with Gasteiger partial charge < -0.3 is 10.6 Å². The molecule has 1 saturated heterocycles. The van der Waals surface area contributed by atoms with Gasteiger partial charge in [-0.2, -0.15) is 17.5 Å². The zero-order valence-electron chi connectivity index (χ0n) is 18.8. The normalized spacial score (nSPS) is 16.5. The zero-order valence-corrected chi connectivity index (χ0v) is 19.6. The molecule has 1 aliphatic rings. The number of halogens is 4. The molecule has 2 amide bonds. The Balaban J connectivity index is 1.63. The molecule has 35 heavy (non-hydrogen) atoms. The summed E-state index contributed by atoms with van der Waals surface area (Å²) in [5, 5.41) is 5.32. The van der Waals surface area contributed by atoms with Crippen molar-refractivity contribution in [3.05, 3.63) is 65.5 Å². The molecule has 0 aliphatic carbocycles. The first-order valence-corrected chi connectivity index (χ1v) is 12.3. The SMILES string of the molecule is CC(=O)NC(Cc1cccc(F)c1)C(=O)NC1CCN(S(=O)(=O)c2cccc(C(F)(F)F)c2)CC1. The topological polar surface area (TPSA) is 95.6 Å². The number of hydrogen-bond donors (Lipinski definition) is 2. The van der Waals surface area contributed by atoms with Gasteiger partial charge in [0.05, 0.1) is 10.5 Å². The number of nitrogens with zero attached hydrogens (tertiary/aromatic N) is 1. The van der Waals surface area contributed by atoms with Gasteiger partial charge in [0.2, 0.25) is 21.8 Å². The molecule has 7 nitrogen and oxygen atoms in total. The van der Waals surface area contributed by atoms with Crippen molar-refractivity contribution in [1.82, 2.24) is 14.9 Å². The minimum Gasteiger partial charge on any atom is -0.351 e. The second-order valence-electron chi connectivity index (χ2n) is 8.30. The summed E-state index contributed by atoms with van der Waals surface area (Å²) in [6, 6.07) is 7.85. The van der Waals surface area contributed by atoms with Crippen molar-refractivity contribution in [3.8, 4) is 0 Å². The first kappa shape index (κ1) is 26.6. The predicted molar refractivity (Wildman–Crippen MR) is 119 cm³/mol. The minimum atomic E-state index is -4.67. The van der Waals surface area contributed by atoms with Gasteiger partial charge in [0.15, 0.2) is 0 Å². The van der Waals surface area contributed by atoms with E-state index in [1.54, 1.807) is 6.07 Å². The van der Waals surface area contributed by atoms with Crippen LogP contribution in [0.25, 0.3) is 0 Å². The van der Waals surface area contributed by atoms with Gasteiger partial charge in [0, 0.05) is 32.5 Å². The molecule has 0 bridgehead atoms. The molecule has 2 aromatic carbocycles. The highest BCUT2D eigenvalue weighted by Gasteiger charge is 2.35. The quantitative estimate of drug-likeness (QED) is 0.555. The highest BCUT2D eigenvalue weighted by atomic mass is 32.2. The molecule has 1 atom stereocenters. The van der Waals surface area contributed by atoms with Crippen LogP contribution < -0.4 is 10.6 Å². The summed E-state index contributed by atoms with van der Waals surface area (Å²) in [5.41, 5.74) is -0.538. The van der Waals surface area contributed by atoms with Crippen molar-refractivity contribution in [1.29, 1.82) is 0 Å². The maximum Gasteiger partial charge on any atom is 0.416 e. The molecule has 2 aromatic rings. The smallest absolute Gasteiger partial charge is 0.351 e. The summed E-state index contributed by atoms with van der Waals surface area (Å²) in [6.07, 6.45) is -4.14. The number of sulfonamides is 1. The van der Waals surface area contributed by atoms with Gasteiger partial charge in [-0.05, 0) is 48.7 Å². The van der Waals surface area contributed by atoms with E-state index < -0.39 is 56.4 Å². The van der Waals surface area contributed by atoms with E-state index in [-0.39, 0.29) is 32.4 Å². The molecular formula is C23H25F4N3O4S. The third-order valence-electron chi connectivity index (χ3n) is 5.62. The molecule has 2 N–H and O–H groups in total. The second-order valence-corrected chi connectivity index (χ2v) is 10.2. The van der Waals surface area contributed by atoms with Crippen molar-refractivity contribution >= 4 is 21.8 Å². The Morgan fingerprint density at radius 3 is 2.34 bits per heavy atom. The lowest BCUT2D eigenvalue weighted by molar-refractivity contribution is -0.137.